The Labute approximate surface area is 108 Å². The van der Waals surface area contributed by atoms with Gasteiger partial charge in [-0.05, 0) is 26.3 Å². The normalized spacial score (nSPS) is 20.2. The summed E-state index contributed by atoms with van der Waals surface area (Å²) in [5, 5.41) is 2.83. The average Bonchev–Trinajstić information content (AvgIpc) is 2.36. The van der Waals surface area contributed by atoms with Crippen molar-refractivity contribution in [1.29, 1.82) is 0 Å². The van der Waals surface area contributed by atoms with Gasteiger partial charge in [-0.3, -0.25) is 4.79 Å². The fourth-order valence-electron chi connectivity index (χ4n) is 2.07. The van der Waals surface area contributed by atoms with Crippen LogP contribution < -0.4 is 5.32 Å². The Morgan fingerprint density at radius 2 is 2.22 bits per heavy atom. The van der Waals surface area contributed by atoms with Gasteiger partial charge < -0.3 is 19.7 Å². The number of piperidine rings is 1. The second-order valence-corrected chi connectivity index (χ2v) is 4.33. The van der Waals surface area contributed by atoms with Crippen LogP contribution in [0.3, 0.4) is 0 Å². The molecule has 1 fully saturated rings. The molecule has 1 atom stereocenters. The zero-order valence-corrected chi connectivity index (χ0v) is 11.1. The Morgan fingerprint density at radius 3 is 2.89 bits per heavy atom. The van der Waals surface area contributed by atoms with E-state index in [0.717, 1.165) is 25.9 Å². The number of methoxy groups -OCH3 is 1. The molecule has 6 nitrogen and oxygen atoms in total. The number of amides is 1. The molecule has 0 spiro atoms. The maximum absolute atomic E-state index is 11.3. The average molecular weight is 258 g/mol. The Morgan fingerprint density at radius 1 is 1.44 bits per heavy atom. The van der Waals surface area contributed by atoms with E-state index in [0.29, 0.717) is 19.6 Å². The van der Waals surface area contributed by atoms with Gasteiger partial charge in [-0.2, -0.15) is 0 Å². The number of rotatable bonds is 5. The maximum atomic E-state index is 11.3. The van der Waals surface area contributed by atoms with Crippen LogP contribution >= 0.6 is 0 Å². The van der Waals surface area contributed by atoms with Crippen molar-refractivity contribution in [2.75, 3.05) is 33.4 Å². The van der Waals surface area contributed by atoms with Gasteiger partial charge in [0.25, 0.3) is 0 Å². The van der Waals surface area contributed by atoms with E-state index in [1.54, 1.807) is 6.92 Å². The highest BCUT2D eigenvalue weighted by Gasteiger charge is 2.22. The quantitative estimate of drug-likeness (QED) is 0.737. The van der Waals surface area contributed by atoms with Gasteiger partial charge in [-0.25, -0.2) is 4.79 Å². The molecule has 0 aliphatic carbocycles. The Hall–Kier alpha value is -1.30. The summed E-state index contributed by atoms with van der Waals surface area (Å²) in [6.45, 7) is 4.55. The third-order valence-electron chi connectivity index (χ3n) is 2.96. The molecule has 1 heterocycles. The maximum Gasteiger partial charge on any atom is 0.407 e. The van der Waals surface area contributed by atoms with Gasteiger partial charge in [0.1, 0.15) is 0 Å². The third-order valence-corrected chi connectivity index (χ3v) is 2.96. The number of esters is 1. The molecule has 6 heteroatoms. The molecule has 1 amide bonds. The van der Waals surface area contributed by atoms with E-state index in [9.17, 15) is 9.59 Å². The Kier molecular flexibility index (Phi) is 6.49. The van der Waals surface area contributed by atoms with Crippen LogP contribution in [-0.2, 0) is 14.3 Å². The molecule has 1 N–H and O–H groups in total. The first-order chi connectivity index (χ1) is 8.65. The number of hydrogen-bond acceptors (Lipinski definition) is 5. The highest BCUT2D eigenvalue weighted by Crippen LogP contribution is 2.10. The molecular formula is C12H22N2O4. The summed E-state index contributed by atoms with van der Waals surface area (Å²) in [5.74, 6) is -0.199. The molecule has 1 aliphatic heterocycles. The fourth-order valence-corrected chi connectivity index (χ4v) is 2.07. The topological polar surface area (TPSA) is 67.9 Å². The van der Waals surface area contributed by atoms with Gasteiger partial charge in [0.15, 0.2) is 0 Å². The van der Waals surface area contributed by atoms with Crippen LogP contribution in [-0.4, -0.2) is 56.4 Å². The smallest absolute Gasteiger partial charge is 0.407 e. The summed E-state index contributed by atoms with van der Waals surface area (Å²) in [4.78, 5) is 24.5. The lowest BCUT2D eigenvalue weighted by atomic mass is 10.1. The van der Waals surface area contributed by atoms with E-state index in [-0.39, 0.29) is 18.1 Å². The minimum atomic E-state index is -0.364. The van der Waals surface area contributed by atoms with Gasteiger partial charge in [0, 0.05) is 19.1 Å². The molecule has 0 aromatic rings. The Balaban J connectivity index is 2.27. The highest BCUT2D eigenvalue weighted by atomic mass is 16.5. The highest BCUT2D eigenvalue weighted by molar-refractivity contribution is 5.69. The number of likely N-dealkylation sites (tertiary alicyclic amines) is 1. The fraction of sp³-hybridized carbons (Fsp3) is 0.833. The van der Waals surface area contributed by atoms with Gasteiger partial charge in [0.05, 0.1) is 20.1 Å². The van der Waals surface area contributed by atoms with Crippen LogP contribution in [0.4, 0.5) is 4.79 Å². The zero-order chi connectivity index (χ0) is 13.4. The molecule has 0 radical (unpaired) electrons. The monoisotopic (exact) mass is 258 g/mol. The van der Waals surface area contributed by atoms with E-state index in [2.05, 4.69) is 15.0 Å². The zero-order valence-electron chi connectivity index (χ0n) is 11.1. The van der Waals surface area contributed by atoms with Crippen LogP contribution in [0.25, 0.3) is 0 Å². The molecule has 0 aromatic carbocycles. The molecule has 1 saturated heterocycles. The van der Waals surface area contributed by atoms with Gasteiger partial charge in [0.2, 0.25) is 0 Å². The van der Waals surface area contributed by atoms with Crippen molar-refractivity contribution in [1.82, 2.24) is 10.2 Å². The standard InChI is InChI=1S/C12H22N2O4/c1-3-18-12(16)13-10-5-4-7-14(9-10)8-6-11(15)17-2/h10H,3-9H2,1-2H3,(H,13,16). The minimum absolute atomic E-state index is 0.107. The van der Waals surface area contributed by atoms with E-state index >= 15 is 0 Å². The van der Waals surface area contributed by atoms with Crippen molar-refractivity contribution >= 4 is 12.1 Å². The third kappa shape index (κ3) is 5.35. The predicted octanol–water partition coefficient (Wildman–Crippen LogP) is 0.760. The first-order valence-corrected chi connectivity index (χ1v) is 6.38. The summed E-state index contributed by atoms with van der Waals surface area (Å²) in [7, 11) is 1.39. The minimum Gasteiger partial charge on any atom is -0.469 e. The largest absolute Gasteiger partial charge is 0.469 e. The number of hydrogen-bond donors (Lipinski definition) is 1. The summed E-state index contributed by atoms with van der Waals surface area (Å²) in [6.07, 6.45) is 1.99. The van der Waals surface area contributed by atoms with E-state index in [1.807, 2.05) is 0 Å². The predicted molar refractivity (Wildman–Crippen MR) is 66.3 cm³/mol. The molecule has 0 saturated carbocycles. The molecule has 0 bridgehead atoms. The summed E-state index contributed by atoms with van der Waals surface area (Å²) < 4.78 is 9.46. The number of alkyl carbamates (subject to hydrolysis) is 1. The summed E-state index contributed by atoms with van der Waals surface area (Å²) in [6, 6.07) is 0.107. The van der Waals surface area contributed by atoms with E-state index < -0.39 is 0 Å². The van der Waals surface area contributed by atoms with Crippen molar-refractivity contribution in [2.24, 2.45) is 0 Å². The Bertz CT molecular complexity index is 283. The second-order valence-electron chi connectivity index (χ2n) is 4.33. The second kappa shape index (κ2) is 7.92. The van der Waals surface area contributed by atoms with Gasteiger partial charge in [-0.15, -0.1) is 0 Å². The first kappa shape index (κ1) is 14.8. The molecule has 104 valence electrons. The van der Waals surface area contributed by atoms with Crippen molar-refractivity contribution in [3.8, 4) is 0 Å². The van der Waals surface area contributed by atoms with Crippen LogP contribution in [0, 0.1) is 0 Å². The molecule has 1 unspecified atom stereocenters. The van der Waals surface area contributed by atoms with E-state index in [4.69, 9.17) is 4.74 Å². The first-order valence-electron chi connectivity index (χ1n) is 6.38. The number of carbonyl (C=O) groups is 2. The number of carbonyl (C=O) groups excluding carboxylic acids is 2. The summed E-state index contributed by atoms with van der Waals surface area (Å²) >= 11 is 0. The lowest BCUT2D eigenvalue weighted by molar-refractivity contribution is -0.141. The lowest BCUT2D eigenvalue weighted by Crippen LogP contribution is -2.48. The van der Waals surface area contributed by atoms with Crippen LogP contribution in [0.1, 0.15) is 26.2 Å². The SMILES string of the molecule is CCOC(=O)NC1CCCN(CCC(=O)OC)C1. The van der Waals surface area contributed by atoms with Crippen LogP contribution in [0.5, 0.6) is 0 Å². The molecular weight excluding hydrogens is 236 g/mol. The molecule has 18 heavy (non-hydrogen) atoms. The number of nitrogens with one attached hydrogen (secondary N) is 1. The van der Waals surface area contributed by atoms with Crippen LogP contribution in [0.15, 0.2) is 0 Å². The van der Waals surface area contributed by atoms with Crippen molar-refractivity contribution in [3.05, 3.63) is 0 Å². The number of nitrogens with zero attached hydrogens (tertiary/aromatic N) is 1. The van der Waals surface area contributed by atoms with E-state index in [1.165, 1.54) is 7.11 Å². The lowest BCUT2D eigenvalue weighted by Gasteiger charge is -2.32. The number of ether oxygens (including phenoxy) is 2. The van der Waals surface area contributed by atoms with Crippen LogP contribution in [0.2, 0.25) is 0 Å². The molecule has 0 aromatic heterocycles. The molecule has 1 aliphatic rings. The molecule has 1 rings (SSSR count). The van der Waals surface area contributed by atoms with Gasteiger partial charge >= 0.3 is 12.1 Å². The van der Waals surface area contributed by atoms with Crippen molar-refractivity contribution in [3.63, 3.8) is 0 Å². The van der Waals surface area contributed by atoms with Gasteiger partial charge in [-0.1, -0.05) is 0 Å². The summed E-state index contributed by atoms with van der Waals surface area (Å²) in [5.41, 5.74) is 0. The van der Waals surface area contributed by atoms with Crippen molar-refractivity contribution < 1.29 is 19.1 Å². The van der Waals surface area contributed by atoms with Crippen molar-refractivity contribution in [2.45, 2.75) is 32.2 Å².